The average molecular weight is 291 g/mol. The predicted molar refractivity (Wildman–Crippen MR) is 88.1 cm³/mol. The molecule has 0 aromatic heterocycles. The summed E-state index contributed by atoms with van der Waals surface area (Å²) in [4.78, 5) is 0. The molecule has 21 heavy (non-hydrogen) atoms. The standard InChI is InChI=1S/C19H30FN/c1-3-5-16-6-4-7-19(11-8-16)21-13-12-17-9-10-18(20)14-15(17)2/h9-10,14,16,19,21H,3-8,11-13H2,1-2H3. The first kappa shape index (κ1) is 16.5. The molecular formula is C19H30FN. The summed E-state index contributed by atoms with van der Waals surface area (Å²) < 4.78 is 13.1. The van der Waals surface area contributed by atoms with Crippen molar-refractivity contribution in [2.75, 3.05) is 6.54 Å². The summed E-state index contributed by atoms with van der Waals surface area (Å²) in [6.45, 7) is 5.31. The van der Waals surface area contributed by atoms with Crippen LogP contribution in [0.15, 0.2) is 18.2 Å². The maximum absolute atomic E-state index is 13.1. The Balaban J connectivity index is 1.73. The number of hydrogen-bond donors (Lipinski definition) is 1. The summed E-state index contributed by atoms with van der Waals surface area (Å²) in [6.07, 6.45) is 10.6. The number of aryl methyl sites for hydroxylation is 1. The van der Waals surface area contributed by atoms with Crippen molar-refractivity contribution >= 4 is 0 Å². The van der Waals surface area contributed by atoms with Crippen LogP contribution in [0.25, 0.3) is 0 Å². The lowest BCUT2D eigenvalue weighted by Gasteiger charge is -2.17. The molecule has 1 aromatic carbocycles. The van der Waals surface area contributed by atoms with Gasteiger partial charge in [-0.2, -0.15) is 0 Å². The second kappa shape index (κ2) is 8.53. The fourth-order valence-corrected chi connectivity index (χ4v) is 3.63. The van der Waals surface area contributed by atoms with Crippen molar-refractivity contribution in [2.45, 2.75) is 71.3 Å². The van der Waals surface area contributed by atoms with Crippen LogP contribution in [-0.2, 0) is 6.42 Å². The minimum Gasteiger partial charge on any atom is -0.314 e. The van der Waals surface area contributed by atoms with Gasteiger partial charge < -0.3 is 5.32 Å². The van der Waals surface area contributed by atoms with Crippen molar-refractivity contribution in [3.05, 3.63) is 35.1 Å². The number of benzene rings is 1. The van der Waals surface area contributed by atoms with Crippen molar-refractivity contribution in [1.29, 1.82) is 0 Å². The second-order valence-electron chi connectivity index (χ2n) is 6.63. The molecule has 0 saturated heterocycles. The summed E-state index contributed by atoms with van der Waals surface area (Å²) in [5.74, 6) is 0.830. The first-order chi connectivity index (χ1) is 10.2. The van der Waals surface area contributed by atoms with Crippen LogP contribution in [0.2, 0.25) is 0 Å². The van der Waals surface area contributed by atoms with Gasteiger partial charge in [0.2, 0.25) is 0 Å². The van der Waals surface area contributed by atoms with Gasteiger partial charge in [-0.1, -0.05) is 38.7 Å². The van der Waals surface area contributed by atoms with Gasteiger partial charge in [-0.25, -0.2) is 4.39 Å². The lowest BCUT2D eigenvalue weighted by Crippen LogP contribution is -2.30. The zero-order valence-electron chi connectivity index (χ0n) is 13.6. The minimum absolute atomic E-state index is 0.130. The van der Waals surface area contributed by atoms with Gasteiger partial charge in [0.15, 0.2) is 0 Å². The fourth-order valence-electron chi connectivity index (χ4n) is 3.63. The van der Waals surface area contributed by atoms with E-state index >= 15 is 0 Å². The number of halogens is 1. The normalized spacial score (nSPS) is 23.0. The first-order valence-corrected chi connectivity index (χ1v) is 8.67. The lowest BCUT2D eigenvalue weighted by atomic mass is 9.95. The van der Waals surface area contributed by atoms with Gasteiger partial charge in [-0.05, 0) is 68.3 Å². The highest BCUT2D eigenvalue weighted by atomic mass is 19.1. The molecule has 1 aliphatic rings. The molecule has 2 heteroatoms. The van der Waals surface area contributed by atoms with Crippen LogP contribution in [-0.4, -0.2) is 12.6 Å². The fraction of sp³-hybridized carbons (Fsp3) is 0.684. The molecule has 0 bridgehead atoms. The van der Waals surface area contributed by atoms with Crippen LogP contribution >= 0.6 is 0 Å². The van der Waals surface area contributed by atoms with E-state index in [0.29, 0.717) is 6.04 Å². The van der Waals surface area contributed by atoms with Crippen LogP contribution in [0.4, 0.5) is 4.39 Å². The summed E-state index contributed by atoms with van der Waals surface area (Å²) in [5.41, 5.74) is 2.34. The highest BCUT2D eigenvalue weighted by Crippen LogP contribution is 2.26. The molecule has 1 aromatic rings. The molecule has 0 amide bonds. The monoisotopic (exact) mass is 291 g/mol. The molecule has 2 unspecified atom stereocenters. The Kier molecular flexibility index (Phi) is 6.69. The summed E-state index contributed by atoms with van der Waals surface area (Å²) in [5, 5.41) is 3.72. The Morgan fingerprint density at radius 2 is 2.05 bits per heavy atom. The van der Waals surface area contributed by atoms with Gasteiger partial charge in [0, 0.05) is 6.04 Å². The van der Waals surface area contributed by atoms with Gasteiger partial charge in [-0.3, -0.25) is 0 Å². The highest BCUT2D eigenvalue weighted by Gasteiger charge is 2.17. The van der Waals surface area contributed by atoms with E-state index in [-0.39, 0.29) is 5.82 Å². The van der Waals surface area contributed by atoms with Gasteiger partial charge in [0.25, 0.3) is 0 Å². The van der Waals surface area contributed by atoms with Crippen molar-refractivity contribution < 1.29 is 4.39 Å². The third-order valence-electron chi connectivity index (χ3n) is 4.92. The van der Waals surface area contributed by atoms with Gasteiger partial charge >= 0.3 is 0 Å². The van der Waals surface area contributed by atoms with Crippen LogP contribution in [0, 0.1) is 18.7 Å². The zero-order valence-corrected chi connectivity index (χ0v) is 13.6. The summed E-state index contributed by atoms with van der Waals surface area (Å²) >= 11 is 0. The zero-order chi connectivity index (χ0) is 15.1. The average Bonchev–Trinajstić information content (AvgIpc) is 2.67. The lowest BCUT2D eigenvalue weighted by molar-refractivity contribution is 0.410. The Hall–Kier alpha value is -0.890. The maximum Gasteiger partial charge on any atom is 0.123 e. The van der Waals surface area contributed by atoms with Crippen molar-refractivity contribution in [2.24, 2.45) is 5.92 Å². The van der Waals surface area contributed by atoms with E-state index in [9.17, 15) is 4.39 Å². The largest absolute Gasteiger partial charge is 0.314 e. The Bertz CT molecular complexity index is 430. The number of rotatable bonds is 6. The Morgan fingerprint density at radius 3 is 2.81 bits per heavy atom. The van der Waals surface area contributed by atoms with E-state index in [1.165, 1.54) is 50.5 Å². The predicted octanol–water partition coefficient (Wildman–Crippen LogP) is 5.02. The van der Waals surface area contributed by atoms with E-state index < -0.39 is 0 Å². The SMILES string of the molecule is CCCC1CCCC(NCCc2ccc(F)cc2C)CC1. The topological polar surface area (TPSA) is 12.0 Å². The first-order valence-electron chi connectivity index (χ1n) is 8.67. The number of nitrogens with one attached hydrogen (secondary N) is 1. The van der Waals surface area contributed by atoms with Crippen molar-refractivity contribution in [3.8, 4) is 0 Å². The molecule has 1 aliphatic carbocycles. The van der Waals surface area contributed by atoms with E-state index in [2.05, 4.69) is 12.2 Å². The van der Waals surface area contributed by atoms with E-state index in [4.69, 9.17) is 0 Å². The highest BCUT2D eigenvalue weighted by molar-refractivity contribution is 5.26. The van der Waals surface area contributed by atoms with Gasteiger partial charge in [0.05, 0.1) is 0 Å². The van der Waals surface area contributed by atoms with Gasteiger partial charge in [0.1, 0.15) is 5.82 Å². The smallest absolute Gasteiger partial charge is 0.123 e. The molecule has 1 N–H and O–H groups in total. The molecule has 1 saturated carbocycles. The molecule has 0 spiro atoms. The van der Waals surface area contributed by atoms with E-state index in [1.807, 2.05) is 13.0 Å². The molecule has 0 heterocycles. The maximum atomic E-state index is 13.1. The van der Waals surface area contributed by atoms with Crippen molar-refractivity contribution in [1.82, 2.24) is 5.32 Å². The quantitative estimate of drug-likeness (QED) is 0.726. The van der Waals surface area contributed by atoms with E-state index in [0.717, 1.165) is 24.4 Å². The molecule has 2 rings (SSSR count). The van der Waals surface area contributed by atoms with E-state index in [1.54, 1.807) is 12.1 Å². The van der Waals surface area contributed by atoms with Crippen molar-refractivity contribution in [3.63, 3.8) is 0 Å². The Labute approximate surface area is 129 Å². The molecule has 1 fully saturated rings. The van der Waals surface area contributed by atoms with Crippen LogP contribution in [0.5, 0.6) is 0 Å². The summed E-state index contributed by atoms with van der Waals surface area (Å²) in [6, 6.07) is 5.82. The van der Waals surface area contributed by atoms with Gasteiger partial charge in [-0.15, -0.1) is 0 Å². The summed E-state index contributed by atoms with van der Waals surface area (Å²) in [7, 11) is 0. The molecule has 1 nitrogen and oxygen atoms in total. The number of hydrogen-bond acceptors (Lipinski definition) is 1. The molecule has 2 atom stereocenters. The van der Waals surface area contributed by atoms with Crippen LogP contribution in [0.1, 0.15) is 63.0 Å². The van der Waals surface area contributed by atoms with Crippen LogP contribution in [0.3, 0.4) is 0 Å². The third-order valence-corrected chi connectivity index (χ3v) is 4.92. The second-order valence-corrected chi connectivity index (χ2v) is 6.63. The molecule has 118 valence electrons. The molecule has 0 radical (unpaired) electrons. The third kappa shape index (κ3) is 5.43. The Morgan fingerprint density at radius 1 is 1.19 bits per heavy atom. The molecule has 0 aliphatic heterocycles. The minimum atomic E-state index is -0.130. The van der Waals surface area contributed by atoms with Crippen LogP contribution < -0.4 is 5.32 Å². The molecular weight excluding hydrogens is 261 g/mol.